The van der Waals surface area contributed by atoms with Crippen molar-refractivity contribution in [2.45, 2.75) is 4.90 Å². The van der Waals surface area contributed by atoms with Gasteiger partial charge in [-0.3, -0.25) is 0 Å². The number of methoxy groups -OCH3 is 1. The van der Waals surface area contributed by atoms with Gasteiger partial charge in [0.1, 0.15) is 10.6 Å². The highest BCUT2D eigenvalue weighted by Gasteiger charge is 2.18. The van der Waals surface area contributed by atoms with E-state index < -0.39 is 9.05 Å². The van der Waals surface area contributed by atoms with Crippen LogP contribution in [0.4, 0.5) is 0 Å². The molecule has 0 amide bonds. The number of hydrogen-bond acceptors (Lipinski definition) is 5. The summed E-state index contributed by atoms with van der Waals surface area (Å²) >= 11 is 0. The quantitative estimate of drug-likeness (QED) is 0.807. The highest BCUT2D eigenvalue weighted by atomic mass is 35.7. The molecule has 0 radical (unpaired) electrons. The van der Waals surface area contributed by atoms with Gasteiger partial charge in [-0.2, -0.15) is 0 Å². The highest BCUT2D eigenvalue weighted by Crippen LogP contribution is 2.30. The van der Waals surface area contributed by atoms with E-state index in [4.69, 9.17) is 15.4 Å². The van der Waals surface area contributed by atoms with Gasteiger partial charge in [-0.05, 0) is 24.3 Å². The first-order valence-corrected chi connectivity index (χ1v) is 7.23. The van der Waals surface area contributed by atoms with Gasteiger partial charge in [0.2, 0.25) is 0 Å². The second-order valence-corrected chi connectivity index (χ2v) is 5.91. The summed E-state index contributed by atoms with van der Waals surface area (Å²) in [5.41, 5.74) is 0.552. The average molecular weight is 285 g/mol. The number of rotatable bonds is 3. The van der Waals surface area contributed by atoms with Crippen LogP contribution in [0.15, 0.2) is 41.6 Å². The zero-order valence-corrected chi connectivity index (χ0v) is 10.9. The van der Waals surface area contributed by atoms with Gasteiger partial charge >= 0.3 is 0 Å². The molecule has 1 heterocycles. The van der Waals surface area contributed by atoms with Crippen molar-refractivity contribution in [1.82, 2.24) is 9.97 Å². The second kappa shape index (κ2) is 4.91. The van der Waals surface area contributed by atoms with Crippen molar-refractivity contribution in [2.75, 3.05) is 7.11 Å². The highest BCUT2D eigenvalue weighted by molar-refractivity contribution is 8.13. The number of ether oxygens (including phenoxy) is 1. The molecule has 0 saturated carbocycles. The van der Waals surface area contributed by atoms with Crippen molar-refractivity contribution in [2.24, 2.45) is 0 Å². The third-order valence-electron chi connectivity index (χ3n) is 2.25. The molecule has 1 aromatic heterocycles. The first-order chi connectivity index (χ1) is 8.52. The van der Waals surface area contributed by atoms with Crippen LogP contribution in [0.2, 0.25) is 0 Å². The van der Waals surface area contributed by atoms with Crippen molar-refractivity contribution in [3.05, 3.63) is 36.7 Å². The molecule has 94 valence electrons. The standard InChI is InChI=1S/C11H9ClN2O3S/c1-17-9-4-3-8(7-10(9)18(12,15)16)11-13-5-2-6-14-11/h2-7H,1H3. The smallest absolute Gasteiger partial charge is 0.265 e. The molecule has 1 aromatic carbocycles. The summed E-state index contributed by atoms with van der Waals surface area (Å²) in [6.07, 6.45) is 3.14. The molecule has 5 nitrogen and oxygen atoms in total. The molecule has 2 rings (SSSR count). The maximum Gasteiger partial charge on any atom is 0.265 e. The summed E-state index contributed by atoms with van der Waals surface area (Å²) < 4.78 is 27.8. The van der Waals surface area contributed by atoms with Gasteiger partial charge in [-0.1, -0.05) is 0 Å². The first kappa shape index (κ1) is 12.8. The van der Waals surface area contributed by atoms with E-state index in [1.54, 1.807) is 24.5 Å². The Bertz CT molecular complexity index is 659. The summed E-state index contributed by atoms with van der Waals surface area (Å²) in [5.74, 6) is 0.603. The SMILES string of the molecule is COc1ccc(-c2ncccn2)cc1S(=O)(=O)Cl. The van der Waals surface area contributed by atoms with Gasteiger partial charge in [0.15, 0.2) is 5.82 Å². The lowest BCUT2D eigenvalue weighted by molar-refractivity contribution is 0.403. The van der Waals surface area contributed by atoms with Crippen molar-refractivity contribution in [3.63, 3.8) is 0 Å². The molecule has 0 saturated heterocycles. The fourth-order valence-corrected chi connectivity index (χ4v) is 2.48. The van der Waals surface area contributed by atoms with Gasteiger partial charge in [-0.15, -0.1) is 0 Å². The Hall–Kier alpha value is -1.66. The van der Waals surface area contributed by atoms with Gasteiger partial charge in [0.25, 0.3) is 9.05 Å². The molecule has 0 fully saturated rings. The maximum atomic E-state index is 11.4. The van der Waals surface area contributed by atoms with E-state index in [1.165, 1.54) is 19.2 Å². The first-order valence-electron chi connectivity index (χ1n) is 4.92. The van der Waals surface area contributed by atoms with Crippen LogP contribution in [0.1, 0.15) is 0 Å². The molecule has 0 N–H and O–H groups in total. The maximum absolute atomic E-state index is 11.4. The summed E-state index contributed by atoms with van der Waals surface area (Å²) in [6.45, 7) is 0. The van der Waals surface area contributed by atoms with Crippen molar-refractivity contribution in [1.29, 1.82) is 0 Å². The second-order valence-electron chi connectivity index (χ2n) is 3.38. The molecule has 0 aliphatic carbocycles. The molecule has 0 spiro atoms. The summed E-state index contributed by atoms with van der Waals surface area (Å²) in [6, 6.07) is 6.24. The number of benzene rings is 1. The Kier molecular flexibility index (Phi) is 3.49. The van der Waals surface area contributed by atoms with Crippen molar-refractivity contribution >= 4 is 19.7 Å². The predicted octanol–water partition coefficient (Wildman–Crippen LogP) is 2.08. The Morgan fingerprint density at radius 2 is 1.89 bits per heavy atom. The zero-order valence-electron chi connectivity index (χ0n) is 9.37. The van der Waals surface area contributed by atoms with Gasteiger partial charge in [0, 0.05) is 28.6 Å². The predicted molar refractivity (Wildman–Crippen MR) is 67.1 cm³/mol. The normalized spacial score (nSPS) is 11.2. The fourth-order valence-electron chi connectivity index (χ4n) is 1.45. The molecule has 0 unspecified atom stereocenters. The summed E-state index contributed by atoms with van der Waals surface area (Å²) in [4.78, 5) is 7.98. The van der Waals surface area contributed by atoms with Crippen LogP contribution in [0, 0.1) is 0 Å². The van der Waals surface area contributed by atoms with E-state index in [1.807, 2.05) is 0 Å². The fraction of sp³-hybridized carbons (Fsp3) is 0.0909. The van der Waals surface area contributed by atoms with Crippen LogP contribution in [0.5, 0.6) is 5.75 Å². The van der Waals surface area contributed by atoms with Crippen LogP contribution in [0.25, 0.3) is 11.4 Å². The molecule has 0 bridgehead atoms. The summed E-state index contributed by atoms with van der Waals surface area (Å²) in [7, 11) is 2.84. The molecule has 0 atom stereocenters. The number of hydrogen-bond donors (Lipinski definition) is 0. The van der Waals surface area contributed by atoms with Crippen LogP contribution >= 0.6 is 10.7 Å². The lowest BCUT2D eigenvalue weighted by Gasteiger charge is -2.07. The third kappa shape index (κ3) is 2.60. The molecule has 2 aromatic rings. The number of nitrogens with zero attached hydrogens (tertiary/aromatic N) is 2. The van der Waals surface area contributed by atoms with Gasteiger partial charge in [0.05, 0.1) is 7.11 Å². The lowest BCUT2D eigenvalue weighted by atomic mass is 10.2. The van der Waals surface area contributed by atoms with E-state index in [0.717, 1.165) is 0 Å². The minimum atomic E-state index is -3.88. The molecule has 18 heavy (non-hydrogen) atoms. The Balaban J connectivity index is 2.61. The third-order valence-corrected chi connectivity index (χ3v) is 3.59. The molecule has 0 aliphatic heterocycles. The molecule has 0 aliphatic rings. The van der Waals surface area contributed by atoms with E-state index in [0.29, 0.717) is 11.4 Å². The van der Waals surface area contributed by atoms with E-state index in [2.05, 4.69) is 9.97 Å². The van der Waals surface area contributed by atoms with Crippen LogP contribution in [-0.4, -0.2) is 25.5 Å². The van der Waals surface area contributed by atoms with Gasteiger partial charge in [-0.25, -0.2) is 18.4 Å². The Morgan fingerprint density at radius 1 is 1.22 bits per heavy atom. The van der Waals surface area contributed by atoms with Crippen LogP contribution in [-0.2, 0) is 9.05 Å². The van der Waals surface area contributed by atoms with Crippen LogP contribution in [0.3, 0.4) is 0 Å². The van der Waals surface area contributed by atoms with E-state index in [9.17, 15) is 8.42 Å². The number of halogens is 1. The minimum absolute atomic E-state index is 0.100. The molecular formula is C11H9ClN2O3S. The Morgan fingerprint density at radius 3 is 2.44 bits per heavy atom. The number of aromatic nitrogens is 2. The molecular weight excluding hydrogens is 276 g/mol. The topological polar surface area (TPSA) is 69.2 Å². The largest absolute Gasteiger partial charge is 0.495 e. The van der Waals surface area contributed by atoms with E-state index >= 15 is 0 Å². The average Bonchev–Trinajstić information content (AvgIpc) is 2.38. The van der Waals surface area contributed by atoms with E-state index in [-0.39, 0.29) is 10.6 Å². The summed E-state index contributed by atoms with van der Waals surface area (Å²) in [5, 5.41) is 0. The zero-order chi connectivity index (χ0) is 13.2. The molecule has 7 heteroatoms. The lowest BCUT2D eigenvalue weighted by Crippen LogP contribution is -1.97. The monoisotopic (exact) mass is 284 g/mol. The van der Waals surface area contributed by atoms with Crippen molar-refractivity contribution in [3.8, 4) is 17.1 Å². The minimum Gasteiger partial charge on any atom is -0.495 e. The van der Waals surface area contributed by atoms with Crippen LogP contribution < -0.4 is 4.74 Å². The van der Waals surface area contributed by atoms with Crippen molar-refractivity contribution < 1.29 is 13.2 Å². The Labute approximate surface area is 109 Å². The van der Waals surface area contributed by atoms with Gasteiger partial charge < -0.3 is 4.74 Å².